The van der Waals surface area contributed by atoms with Gasteiger partial charge in [-0.05, 0) is 35.4 Å². The molecule has 2 saturated heterocycles. The summed E-state index contributed by atoms with van der Waals surface area (Å²) in [6, 6.07) is 6.23. The van der Waals surface area contributed by atoms with Gasteiger partial charge in [0.2, 0.25) is 0 Å². The van der Waals surface area contributed by atoms with Gasteiger partial charge in [0.15, 0.2) is 0 Å². The van der Waals surface area contributed by atoms with Gasteiger partial charge in [-0.1, -0.05) is 0 Å². The minimum absolute atomic E-state index is 0.213. The number of carbonyl (C=O) groups excluding carboxylic acids is 1. The number of carbonyl (C=O) groups is 2. The lowest BCUT2D eigenvalue weighted by Crippen LogP contribution is -2.33. The fourth-order valence-corrected chi connectivity index (χ4v) is 4.47. The summed E-state index contributed by atoms with van der Waals surface area (Å²) >= 11 is 1.59. The molecule has 1 amide bonds. The second kappa shape index (κ2) is 8.58. The van der Waals surface area contributed by atoms with Crippen LogP contribution in [0.3, 0.4) is 0 Å². The summed E-state index contributed by atoms with van der Waals surface area (Å²) in [5, 5.41) is 11.1. The number of likely N-dealkylation sites (tertiary alicyclic amines) is 2. The monoisotopic (exact) mass is 429 g/mol. The van der Waals surface area contributed by atoms with Gasteiger partial charge in [0.25, 0.3) is 5.91 Å². The maximum atomic E-state index is 12.4. The summed E-state index contributed by atoms with van der Waals surface area (Å²) in [6.07, 6.45) is -2.98. The van der Waals surface area contributed by atoms with E-state index in [1.807, 2.05) is 16.8 Å². The zero-order valence-corrected chi connectivity index (χ0v) is 16.6. The zero-order chi connectivity index (χ0) is 21.2. The van der Waals surface area contributed by atoms with Crippen LogP contribution in [0.4, 0.5) is 13.2 Å². The highest BCUT2D eigenvalue weighted by molar-refractivity contribution is 7.08. The van der Waals surface area contributed by atoms with Crippen molar-refractivity contribution < 1.29 is 27.9 Å². The first kappa shape index (κ1) is 21.4. The second-order valence-corrected chi connectivity index (χ2v) is 8.13. The lowest BCUT2D eigenvalue weighted by atomic mass is 10.0. The van der Waals surface area contributed by atoms with Gasteiger partial charge in [-0.25, -0.2) is 4.79 Å². The number of halogens is 3. The number of amides is 1. The molecule has 4 heterocycles. The third-order valence-corrected chi connectivity index (χ3v) is 5.98. The Bertz CT molecular complexity index is 837. The molecule has 6 nitrogen and oxygen atoms in total. The van der Waals surface area contributed by atoms with E-state index in [1.165, 1.54) is 5.69 Å². The number of carboxylic acids is 1. The van der Waals surface area contributed by atoms with E-state index >= 15 is 0 Å². The maximum absolute atomic E-state index is 12.4. The largest absolute Gasteiger partial charge is 0.490 e. The molecule has 2 aromatic heterocycles. The van der Waals surface area contributed by atoms with Crippen LogP contribution in [0.5, 0.6) is 0 Å². The lowest BCUT2D eigenvalue weighted by Gasteiger charge is -2.21. The van der Waals surface area contributed by atoms with E-state index in [-0.39, 0.29) is 5.91 Å². The van der Waals surface area contributed by atoms with Crippen molar-refractivity contribution in [3.8, 4) is 0 Å². The van der Waals surface area contributed by atoms with E-state index in [4.69, 9.17) is 9.90 Å². The molecule has 1 N–H and O–H groups in total. The first-order chi connectivity index (χ1) is 13.6. The third kappa shape index (κ3) is 5.18. The average molecular weight is 429 g/mol. The molecule has 0 bridgehead atoms. The molecule has 10 heteroatoms. The standard InChI is InChI=1S/C17H21N3OS.C2HF3O2/c1-18-5-2-3-16(18)11-19-7-14-9-20(10-15(14)8-19)17(21)13-4-6-22-12-13;3-2(4,5)1(6)7/h2-6,12,14-15H,7-11H2,1H3;(H,6,7)/t14-,15+;. The van der Waals surface area contributed by atoms with E-state index in [1.54, 1.807) is 11.3 Å². The van der Waals surface area contributed by atoms with E-state index in [2.05, 4.69) is 39.7 Å². The minimum atomic E-state index is -5.08. The number of thiophene rings is 1. The number of aliphatic carboxylic acids is 1. The number of nitrogens with zero attached hydrogens (tertiary/aromatic N) is 3. The summed E-state index contributed by atoms with van der Waals surface area (Å²) in [5.41, 5.74) is 2.22. The SMILES string of the molecule is Cn1cccc1CN1C[C@@H]2CN(C(=O)c3ccsc3)C[C@@H]2C1.O=C(O)C(F)(F)F. The van der Waals surface area contributed by atoms with E-state index in [9.17, 15) is 18.0 Å². The van der Waals surface area contributed by atoms with Crippen molar-refractivity contribution in [2.24, 2.45) is 18.9 Å². The van der Waals surface area contributed by atoms with E-state index < -0.39 is 12.1 Å². The molecule has 4 rings (SSSR count). The van der Waals surface area contributed by atoms with Crippen LogP contribution in [0.1, 0.15) is 16.1 Å². The smallest absolute Gasteiger partial charge is 0.475 e. The van der Waals surface area contributed by atoms with Crippen LogP contribution in [0, 0.1) is 11.8 Å². The highest BCUT2D eigenvalue weighted by Crippen LogP contribution is 2.32. The lowest BCUT2D eigenvalue weighted by molar-refractivity contribution is -0.192. The van der Waals surface area contributed by atoms with E-state index in [0.717, 1.165) is 38.3 Å². The summed E-state index contributed by atoms with van der Waals surface area (Å²) in [6.45, 7) is 5.09. The molecule has 2 fully saturated rings. The molecular weight excluding hydrogens is 407 g/mol. The van der Waals surface area contributed by atoms with Crippen molar-refractivity contribution in [2.45, 2.75) is 12.7 Å². The molecule has 0 spiro atoms. The number of alkyl halides is 3. The van der Waals surface area contributed by atoms with Gasteiger partial charge < -0.3 is 14.6 Å². The van der Waals surface area contributed by atoms with Gasteiger partial charge in [0.05, 0.1) is 5.56 Å². The normalized spacial score (nSPS) is 21.6. The third-order valence-electron chi connectivity index (χ3n) is 5.30. The second-order valence-electron chi connectivity index (χ2n) is 7.35. The Hall–Kier alpha value is -2.33. The number of rotatable bonds is 3. The van der Waals surface area contributed by atoms with Crippen LogP contribution in [-0.2, 0) is 18.4 Å². The number of hydrogen-bond donors (Lipinski definition) is 1. The predicted octanol–water partition coefficient (Wildman–Crippen LogP) is 2.92. The molecule has 2 aliphatic rings. The predicted molar refractivity (Wildman–Crippen MR) is 102 cm³/mol. The van der Waals surface area contributed by atoms with E-state index in [0.29, 0.717) is 11.8 Å². The van der Waals surface area contributed by atoms with Crippen LogP contribution in [0.15, 0.2) is 35.2 Å². The van der Waals surface area contributed by atoms with Crippen LogP contribution < -0.4 is 0 Å². The Labute approximate surface area is 170 Å². The fourth-order valence-electron chi connectivity index (χ4n) is 3.84. The van der Waals surface area contributed by atoms with Crippen molar-refractivity contribution in [2.75, 3.05) is 26.2 Å². The van der Waals surface area contributed by atoms with Gasteiger partial charge >= 0.3 is 12.1 Å². The molecule has 2 atom stereocenters. The van der Waals surface area contributed by atoms with Crippen LogP contribution in [0.2, 0.25) is 0 Å². The molecule has 0 unspecified atom stereocenters. The van der Waals surface area contributed by atoms with Crippen LogP contribution >= 0.6 is 11.3 Å². The number of aryl methyl sites for hydroxylation is 1. The van der Waals surface area contributed by atoms with Gasteiger partial charge in [-0.3, -0.25) is 9.69 Å². The highest BCUT2D eigenvalue weighted by Gasteiger charge is 2.41. The van der Waals surface area contributed by atoms with Gasteiger partial charge in [-0.15, -0.1) is 0 Å². The molecule has 158 valence electrons. The number of hydrogen-bond acceptors (Lipinski definition) is 4. The minimum Gasteiger partial charge on any atom is -0.475 e. The van der Waals surface area contributed by atoms with Crippen molar-refractivity contribution >= 4 is 23.2 Å². The van der Waals surface area contributed by atoms with Gasteiger partial charge in [0.1, 0.15) is 0 Å². The van der Waals surface area contributed by atoms with Crippen molar-refractivity contribution in [1.82, 2.24) is 14.4 Å². The summed E-state index contributed by atoms with van der Waals surface area (Å²) in [7, 11) is 2.10. The van der Waals surface area contributed by atoms with Crippen molar-refractivity contribution in [1.29, 1.82) is 0 Å². The zero-order valence-electron chi connectivity index (χ0n) is 15.8. The summed E-state index contributed by atoms with van der Waals surface area (Å²) < 4.78 is 33.9. The Morgan fingerprint density at radius 1 is 1.17 bits per heavy atom. The molecule has 29 heavy (non-hydrogen) atoms. The average Bonchev–Trinajstić information content (AvgIpc) is 3.39. The number of fused-ring (bicyclic) bond motifs is 1. The van der Waals surface area contributed by atoms with Crippen molar-refractivity contribution in [3.05, 3.63) is 46.4 Å². The summed E-state index contributed by atoms with van der Waals surface area (Å²) in [5.74, 6) is -1.26. The van der Waals surface area contributed by atoms with Crippen molar-refractivity contribution in [3.63, 3.8) is 0 Å². The Morgan fingerprint density at radius 2 is 1.79 bits per heavy atom. The fraction of sp³-hybridized carbons (Fsp3) is 0.474. The molecule has 0 aliphatic carbocycles. The number of carboxylic acid groups (broad SMARTS) is 1. The summed E-state index contributed by atoms with van der Waals surface area (Å²) in [4.78, 5) is 25.9. The van der Waals surface area contributed by atoms with Crippen LogP contribution in [0.25, 0.3) is 0 Å². The maximum Gasteiger partial charge on any atom is 0.490 e. The molecule has 0 aromatic carbocycles. The molecule has 0 radical (unpaired) electrons. The number of aromatic nitrogens is 1. The van der Waals surface area contributed by atoms with Crippen LogP contribution in [-0.4, -0.2) is 63.7 Å². The molecule has 2 aliphatic heterocycles. The Balaban J connectivity index is 0.000000298. The quantitative estimate of drug-likeness (QED) is 0.815. The topological polar surface area (TPSA) is 65.8 Å². The molecule has 2 aromatic rings. The Kier molecular flexibility index (Phi) is 6.33. The first-order valence-corrected chi connectivity index (χ1v) is 10.0. The van der Waals surface area contributed by atoms with Gasteiger partial charge in [-0.2, -0.15) is 24.5 Å². The first-order valence-electron chi connectivity index (χ1n) is 9.09. The highest BCUT2D eigenvalue weighted by atomic mass is 32.1. The molecular formula is C19H22F3N3O3S. The Morgan fingerprint density at radius 3 is 2.24 bits per heavy atom. The molecule has 0 saturated carbocycles. The van der Waals surface area contributed by atoms with Gasteiger partial charge in [0, 0.05) is 57.0 Å².